The van der Waals surface area contributed by atoms with Crippen molar-refractivity contribution in [2.24, 2.45) is 5.73 Å². The lowest BCUT2D eigenvalue weighted by Crippen LogP contribution is -2.53. The average molecular weight is 316 g/mol. The highest BCUT2D eigenvalue weighted by Gasteiger charge is 2.36. The number of anilines is 1. The maximum Gasteiger partial charge on any atom is 0.416 e. The van der Waals surface area contributed by atoms with Gasteiger partial charge in [-0.3, -0.25) is 4.79 Å². The van der Waals surface area contributed by atoms with Gasteiger partial charge in [0.1, 0.15) is 6.61 Å². The molecule has 1 heterocycles. The molecule has 1 atom stereocenters. The first-order valence-electron chi connectivity index (χ1n) is 7.07. The van der Waals surface area contributed by atoms with Gasteiger partial charge in [-0.2, -0.15) is 13.2 Å². The van der Waals surface area contributed by atoms with Crippen LogP contribution in [0, 0.1) is 0 Å². The molecule has 0 bridgehead atoms. The normalized spacial score (nSPS) is 23.0. The molecule has 2 N–H and O–H groups in total. The summed E-state index contributed by atoms with van der Waals surface area (Å²) in [6.45, 7) is 2.62. The molecule has 1 aliphatic rings. The molecule has 7 heteroatoms. The van der Waals surface area contributed by atoms with Gasteiger partial charge in [0.2, 0.25) is 0 Å². The second kappa shape index (κ2) is 6.26. The second-order valence-corrected chi connectivity index (χ2v) is 5.66. The number of carbonyl (C=O) groups is 1. The number of hydrogen-bond acceptors (Lipinski definition) is 3. The molecule has 1 aromatic carbocycles. The fraction of sp³-hybridized carbons (Fsp3) is 0.533. The Morgan fingerprint density at radius 3 is 2.50 bits per heavy atom. The zero-order valence-electron chi connectivity index (χ0n) is 12.3. The molecule has 1 unspecified atom stereocenters. The Labute approximate surface area is 127 Å². The van der Waals surface area contributed by atoms with Crippen molar-refractivity contribution in [3.8, 4) is 0 Å². The maximum atomic E-state index is 12.6. The largest absolute Gasteiger partial charge is 0.416 e. The second-order valence-electron chi connectivity index (χ2n) is 5.66. The minimum Gasteiger partial charge on any atom is -0.364 e. The number of rotatable bonds is 4. The summed E-state index contributed by atoms with van der Waals surface area (Å²) in [4.78, 5) is 13.5. The van der Waals surface area contributed by atoms with Crippen molar-refractivity contribution < 1.29 is 22.7 Å². The zero-order chi connectivity index (χ0) is 16.4. The molecule has 0 aromatic heterocycles. The van der Waals surface area contributed by atoms with Gasteiger partial charge in [0.05, 0.1) is 17.7 Å². The predicted molar refractivity (Wildman–Crippen MR) is 76.4 cm³/mol. The Morgan fingerprint density at radius 2 is 1.95 bits per heavy atom. The van der Waals surface area contributed by atoms with E-state index in [2.05, 4.69) is 0 Å². The van der Waals surface area contributed by atoms with Crippen LogP contribution in [0.5, 0.6) is 0 Å². The lowest BCUT2D eigenvalue weighted by atomic mass is 9.97. The zero-order valence-corrected chi connectivity index (χ0v) is 12.3. The van der Waals surface area contributed by atoms with Crippen LogP contribution in [-0.4, -0.2) is 31.2 Å². The van der Waals surface area contributed by atoms with Crippen LogP contribution in [0.2, 0.25) is 0 Å². The van der Waals surface area contributed by atoms with E-state index in [9.17, 15) is 18.0 Å². The van der Waals surface area contributed by atoms with Crippen molar-refractivity contribution in [1.29, 1.82) is 0 Å². The van der Waals surface area contributed by atoms with Crippen LogP contribution in [-0.2, 0) is 15.7 Å². The first-order valence-corrected chi connectivity index (χ1v) is 7.07. The van der Waals surface area contributed by atoms with E-state index < -0.39 is 17.3 Å². The molecule has 1 saturated heterocycles. The molecule has 2 rings (SSSR count). The molecular formula is C15H19F3N2O2. The SMILES string of the molecule is CC1(CCCN)CN(c2ccc(C(F)(F)F)cc2)C(=O)CO1. The predicted octanol–water partition coefficient (Wildman–Crippen LogP) is 2.57. The highest BCUT2D eigenvalue weighted by atomic mass is 19.4. The number of morpholine rings is 1. The van der Waals surface area contributed by atoms with Crippen molar-refractivity contribution in [3.05, 3.63) is 29.8 Å². The number of benzene rings is 1. The molecule has 0 spiro atoms. The summed E-state index contributed by atoms with van der Waals surface area (Å²) in [6, 6.07) is 4.59. The molecule has 0 radical (unpaired) electrons. The Balaban J connectivity index is 2.17. The van der Waals surface area contributed by atoms with Gasteiger partial charge >= 0.3 is 6.18 Å². The van der Waals surface area contributed by atoms with E-state index in [1.807, 2.05) is 6.92 Å². The number of hydrogen-bond donors (Lipinski definition) is 1. The number of carbonyl (C=O) groups excluding carboxylic acids is 1. The van der Waals surface area contributed by atoms with Crippen molar-refractivity contribution in [2.45, 2.75) is 31.5 Å². The van der Waals surface area contributed by atoms with Gasteiger partial charge in [0.25, 0.3) is 5.91 Å². The van der Waals surface area contributed by atoms with Crippen molar-refractivity contribution in [3.63, 3.8) is 0 Å². The highest BCUT2D eigenvalue weighted by molar-refractivity contribution is 5.95. The number of halogens is 3. The summed E-state index contributed by atoms with van der Waals surface area (Å²) in [5.41, 5.74) is 4.67. The van der Waals surface area contributed by atoms with E-state index in [1.54, 1.807) is 0 Å². The van der Waals surface area contributed by atoms with E-state index in [1.165, 1.54) is 17.0 Å². The third kappa shape index (κ3) is 3.78. The lowest BCUT2D eigenvalue weighted by molar-refractivity contribution is -0.137. The van der Waals surface area contributed by atoms with Crippen LogP contribution >= 0.6 is 0 Å². The number of ether oxygens (including phenoxy) is 1. The van der Waals surface area contributed by atoms with Crippen LogP contribution in [0.25, 0.3) is 0 Å². The standard InChI is InChI=1S/C15H19F3N2O2/c1-14(7-2-8-19)10-20(13(21)9-22-14)12-5-3-11(4-6-12)15(16,17)18/h3-6H,2,7-10,19H2,1H3. The maximum absolute atomic E-state index is 12.6. The molecular weight excluding hydrogens is 297 g/mol. The molecule has 1 fully saturated rings. The highest BCUT2D eigenvalue weighted by Crippen LogP contribution is 2.32. The third-order valence-corrected chi connectivity index (χ3v) is 3.75. The quantitative estimate of drug-likeness (QED) is 0.929. The minimum absolute atomic E-state index is 0.0813. The fourth-order valence-corrected chi connectivity index (χ4v) is 2.48. The van der Waals surface area contributed by atoms with Gasteiger partial charge in [-0.05, 0) is 50.6 Å². The molecule has 0 aliphatic carbocycles. The van der Waals surface area contributed by atoms with E-state index in [4.69, 9.17) is 10.5 Å². The van der Waals surface area contributed by atoms with Gasteiger partial charge in [-0.25, -0.2) is 0 Å². The van der Waals surface area contributed by atoms with E-state index in [-0.39, 0.29) is 12.5 Å². The number of nitrogens with zero attached hydrogens (tertiary/aromatic N) is 1. The summed E-state index contributed by atoms with van der Waals surface area (Å²) in [5, 5.41) is 0. The molecule has 1 aliphatic heterocycles. The Bertz CT molecular complexity index is 531. The molecule has 22 heavy (non-hydrogen) atoms. The van der Waals surface area contributed by atoms with Gasteiger partial charge < -0.3 is 15.4 Å². The fourth-order valence-electron chi connectivity index (χ4n) is 2.48. The van der Waals surface area contributed by atoms with Crippen LogP contribution in [0.1, 0.15) is 25.3 Å². The number of amides is 1. The molecule has 1 amide bonds. The molecule has 4 nitrogen and oxygen atoms in total. The minimum atomic E-state index is -4.39. The smallest absolute Gasteiger partial charge is 0.364 e. The van der Waals surface area contributed by atoms with Gasteiger partial charge in [0, 0.05) is 5.69 Å². The third-order valence-electron chi connectivity index (χ3n) is 3.75. The average Bonchev–Trinajstić information content (AvgIpc) is 2.47. The van der Waals surface area contributed by atoms with Gasteiger partial charge in [0.15, 0.2) is 0 Å². The summed E-state index contributed by atoms with van der Waals surface area (Å²) < 4.78 is 43.3. The van der Waals surface area contributed by atoms with Crippen molar-refractivity contribution in [1.82, 2.24) is 0 Å². The summed E-state index contributed by atoms with van der Waals surface area (Å²) in [5.74, 6) is -0.259. The van der Waals surface area contributed by atoms with E-state index in [0.717, 1.165) is 18.6 Å². The van der Waals surface area contributed by atoms with Crippen molar-refractivity contribution in [2.75, 3.05) is 24.6 Å². The Morgan fingerprint density at radius 1 is 1.32 bits per heavy atom. The number of alkyl halides is 3. The summed E-state index contributed by atoms with van der Waals surface area (Å²) >= 11 is 0. The first kappa shape index (κ1) is 16.8. The molecule has 122 valence electrons. The van der Waals surface area contributed by atoms with Crippen LogP contribution < -0.4 is 10.6 Å². The summed E-state index contributed by atoms with van der Waals surface area (Å²) in [6.07, 6.45) is -2.94. The monoisotopic (exact) mass is 316 g/mol. The molecule has 1 aromatic rings. The van der Waals surface area contributed by atoms with Crippen molar-refractivity contribution >= 4 is 11.6 Å². The Hall–Kier alpha value is -1.60. The summed E-state index contributed by atoms with van der Waals surface area (Å²) in [7, 11) is 0. The van der Waals surface area contributed by atoms with Gasteiger partial charge in [-0.15, -0.1) is 0 Å². The lowest BCUT2D eigenvalue weighted by Gasteiger charge is -2.40. The van der Waals surface area contributed by atoms with Crippen LogP contribution in [0.3, 0.4) is 0 Å². The molecule has 0 saturated carbocycles. The van der Waals surface area contributed by atoms with Crippen LogP contribution in [0.15, 0.2) is 24.3 Å². The van der Waals surface area contributed by atoms with E-state index in [0.29, 0.717) is 25.2 Å². The first-order chi connectivity index (χ1) is 10.2. The Kier molecular flexibility index (Phi) is 4.77. The number of nitrogens with two attached hydrogens (primary N) is 1. The topological polar surface area (TPSA) is 55.6 Å². The van der Waals surface area contributed by atoms with Crippen LogP contribution in [0.4, 0.5) is 18.9 Å². The van der Waals surface area contributed by atoms with Gasteiger partial charge in [-0.1, -0.05) is 0 Å². The van der Waals surface area contributed by atoms with E-state index >= 15 is 0 Å².